The third-order valence-corrected chi connectivity index (χ3v) is 2.88. The van der Waals surface area contributed by atoms with E-state index in [0.717, 1.165) is 0 Å². The molecule has 0 saturated heterocycles. The van der Waals surface area contributed by atoms with Gasteiger partial charge in [0.05, 0.1) is 11.0 Å². The second-order valence-corrected chi connectivity index (χ2v) is 4.19. The van der Waals surface area contributed by atoms with Crippen LogP contribution in [0.4, 0.5) is 17.1 Å². The van der Waals surface area contributed by atoms with Gasteiger partial charge in [-0.15, -0.1) is 0 Å². The van der Waals surface area contributed by atoms with Crippen molar-refractivity contribution in [2.24, 2.45) is 0 Å². The van der Waals surface area contributed by atoms with E-state index in [9.17, 15) is 20.3 Å². The molecule has 0 spiro atoms. The van der Waals surface area contributed by atoms with Gasteiger partial charge in [0.25, 0.3) is 5.69 Å². The standard InChI is InChI=1S/C11H17N3O4/c1-5-6(2)10(12)9(14(17)18)4-8(5)13-11(16)7(3)15/h4,7,11,13,15-16H,12H2,1-3H3. The van der Waals surface area contributed by atoms with Crippen molar-refractivity contribution in [2.45, 2.75) is 33.1 Å². The molecule has 0 fully saturated rings. The number of nitrogens with one attached hydrogen (secondary N) is 1. The Morgan fingerprint density at radius 2 is 1.94 bits per heavy atom. The van der Waals surface area contributed by atoms with Gasteiger partial charge in [0, 0.05) is 11.8 Å². The highest BCUT2D eigenvalue weighted by molar-refractivity contribution is 5.73. The van der Waals surface area contributed by atoms with Gasteiger partial charge in [-0.05, 0) is 31.9 Å². The fourth-order valence-corrected chi connectivity index (χ4v) is 1.50. The molecular formula is C11H17N3O4. The van der Waals surface area contributed by atoms with Gasteiger partial charge < -0.3 is 21.3 Å². The number of benzene rings is 1. The SMILES string of the molecule is Cc1c(NC(O)C(C)O)cc([N+](=O)[O-])c(N)c1C. The Labute approximate surface area is 104 Å². The zero-order valence-electron chi connectivity index (χ0n) is 10.5. The predicted octanol–water partition coefficient (Wildman–Crippen LogP) is 0.905. The fourth-order valence-electron chi connectivity index (χ4n) is 1.50. The molecule has 0 radical (unpaired) electrons. The number of rotatable bonds is 4. The summed E-state index contributed by atoms with van der Waals surface area (Å²) in [6.07, 6.45) is -2.20. The molecular weight excluding hydrogens is 238 g/mol. The second-order valence-electron chi connectivity index (χ2n) is 4.19. The number of hydrogen-bond donors (Lipinski definition) is 4. The summed E-state index contributed by atoms with van der Waals surface area (Å²) in [4.78, 5) is 10.3. The normalized spacial score (nSPS) is 14.1. The average molecular weight is 255 g/mol. The smallest absolute Gasteiger partial charge is 0.294 e. The topological polar surface area (TPSA) is 122 Å². The first-order valence-corrected chi connectivity index (χ1v) is 5.42. The number of aliphatic hydroxyl groups excluding tert-OH is 2. The third kappa shape index (κ3) is 2.69. The summed E-state index contributed by atoms with van der Waals surface area (Å²) >= 11 is 0. The Kier molecular flexibility index (Phi) is 4.10. The lowest BCUT2D eigenvalue weighted by Crippen LogP contribution is -2.31. The number of nitrogens with zero attached hydrogens (tertiary/aromatic N) is 1. The molecule has 5 N–H and O–H groups in total. The van der Waals surface area contributed by atoms with Crippen LogP contribution in [0.2, 0.25) is 0 Å². The Morgan fingerprint density at radius 1 is 1.39 bits per heavy atom. The fraction of sp³-hybridized carbons (Fsp3) is 0.455. The van der Waals surface area contributed by atoms with E-state index in [-0.39, 0.29) is 11.4 Å². The number of aliphatic hydroxyl groups is 2. The maximum Gasteiger partial charge on any atom is 0.294 e. The van der Waals surface area contributed by atoms with E-state index in [0.29, 0.717) is 16.8 Å². The Balaban J connectivity index is 3.24. The van der Waals surface area contributed by atoms with Crippen LogP contribution in [-0.4, -0.2) is 27.5 Å². The number of nitrogens with two attached hydrogens (primary N) is 1. The summed E-state index contributed by atoms with van der Waals surface area (Å²) in [5.74, 6) is 0. The van der Waals surface area contributed by atoms with E-state index in [1.54, 1.807) is 13.8 Å². The van der Waals surface area contributed by atoms with E-state index in [1.807, 2.05) is 0 Å². The molecule has 100 valence electrons. The predicted molar refractivity (Wildman–Crippen MR) is 68.3 cm³/mol. The molecule has 0 saturated carbocycles. The van der Waals surface area contributed by atoms with E-state index in [1.165, 1.54) is 13.0 Å². The molecule has 2 unspecified atom stereocenters. The van der Waals surface area contributed by atoms with E-state index in [4.69, 9.17) is 5.73 Å². The molecule has 0 heterocycles. The van der Waals surface area contributed by atoms with Crippen molar-refractivity contribution in [1.29, 1.82) is 0 Å². The highest BCUT2D eigenvalue weighted by atomic mass is 16.6. The summed E-state index contributed by atoms with van der Waals surface area (Å²) in [5.41, 5.74) is 7.19. The third-order valence-electron chi connectivity index (χ3n) is 2.88. The molecule has 18 heavy (non-hydrogen) atoms. The molecule has 7 heteroatoms. The number of nitrogen functional groups attached to an aromatic ring is 1. The first kappa shape index (κ1) is 14.2. The van der Waals surface area contributed by atoms with Crippen molar-refractivity contribution in [3.63, 3.8) is 0 Å². The second kappa shape index (κ2) is 5.19. The van der Waals surface area contributed by atoms with Crippen LogP contribution in [0.25, 0.3) is 0 Å². The Bertz CT molecular complexity index is 474. The van der Waals surface area contributed by atoms with Gasteiger partial charge in [0.15, 0.2) is 0 Å². The molecule has 2 atom stereocenters. The lowest BCUT2D eigenvalue weighted by Gasteiger charge is -2.19. The molecule has 0 amide bonds. The van der Waals surface area contributed by atoms with Crippen molar-refractivity contribution >= 4 is 17.1 Å². The van der Waals surface area contributed by atoms with Gasteiger partial charge in [-0.2, -0.15) is 0 Å². The minimum absolute atomic E-state index is 0.106. The van der Waals surface area contributed by atoms with Crippen LogP contribution in [0.15, 0.2) is 6.07 Å². The largest absolute Gasteiger partial charge is 0.393 e. The highest BCUT2D eigenvalue weighted by Gasteiger charge is 2.20. The Morgan fingerprint density at radius 3 is 2.39 bits per heavy atom. The van der Waals surface area contributed by atoms with Crippen LogP contribution < -0.4 is 11.1 Å². The number of hydrogen-bond acceptors (Lipinski definition) is 6. The van der Waals surface area contributed by atoms with Gasteiger partial charge >= 0.3 is 0 Å². The van der Waals surface area contributed by atoms with Crippen LogP contribution >= 0.6 is 0 Å². The van der Waals surface area contributed by atoms with E-state index in [2.05, 4.69) is 5.32 Å². The lowest BCUT2D eigenvalue weighted by atomic mass is 10.0. The summed E-state index contributed by atoms with van der Waals surface area (Å²) in [5, 5.41) is 32.2. The summed E-state index contributed by atoms with van der Waals surface area (Å²) in [6, 6.07) is 1.25. The maximum atomic E-state index is 10.8. The van der Waals surface area contributed by atoms with Gasteiger partial charge in [-0.25, -0.2) is 0 Å². The van der Waals surface area contributed by atoms with Gasteiger partial charge in [0.2, 0.25) is 0 Å². The minimum atomic E-state index is -1.20. The highest BCUT2D eigenvalue weighted by Crippen LogP contribution is 2.33. The zero-order valence-corrected chi connectivity index (χ0v) is 10.5. The van der Waals surface area contributed by atoms with Crippen LogP contribution in [0, 0.1) is 24.0 Å². The Hall–Kier alpha value is -1.86. The van der Waals surface area contributed by atoms with E-state index < -0.39 is 17.3 Å². The summed E-state index contributed by atoms with van der Waals surface area (Å²) in [6.45, 7) is 4.80. The molecule has 1 aromatic carbocycles. The van der Waals surface area contributed by atoms with Crippen molar-refractivity contribution in [1.82, 2.24) is 0 Å². The van der Waals surface area contributed by atoms with Crippen LogP contribution in [-0.2, 0) is 0 Å². The first-order chi connectivity index (χ1) is 8.25. The zero-order chi connectivity index (χ0) is 14.0. The lowest BCUT2D eigenvalue weighted by molar-refractivity contribution is -0.383. The van der Waals surface area contributed by atoms with Gasteiger partial charge in [0.1, 0.15) is 11.9 Å². The molecule has 0 aliphatic carbocycles. The van der Waals surface area contributed by atoms with Crippen molar-refractivity contribution in [3.8, 4) is 0 Å². The van der Waals surface area contributed by atoms with Crippen molar-refractivity contribution in [2.75, 3.05) is 11.1 Å². The number of anilines is 2. The maximum absolute atomic E-state index is 10.8. The number of nitro benzene ring substituents is 1. The molecule has 0 aromatic heterocycles. The molecule has 7 nitrogen and oxygen atoms in total. The number of nitro groups is 1. The molecule has 1 aromatic rings. The summed E-state index contributed by atoms with van der Waals surface area (Å²) < 4.78 is 0. The molecule has 1 rings (SSSR count). The van der Waals surface area contributed by atoms with Crippen LogP contribution in [0.5, 0.6) is 0 Å². The molecule has 0 aliphatic rings. The van der Waals surface area contributed by atoms with Gasteiger partial charge in [-0.3, -0.25) is 10.1 Å². The van der Waals surface area contributed by atoms with Crippen LogP contribution in [0.3, 0.4) is 0 Å². The van der Waals surface area contributed by atoms with Gasteiger partial charge in [-0.1, -0.05) is 0 Å². The van der Waals surface area contributed by atoms with Crippen molar-refractivity contribution < 1.29 is 15.1 Å². The first-order valence-electron chi connectivity index (χ1n) is 5.42. The average Bonchev–Trinajstić information content (AvgIpc) is 2.29. The quantitative estimate of drug-likeness (QED) is 0.274. The van der Waals surface area contributed by atoms with Crippen molar-refractivity contribution in [3.05, 3.63) is 27.3 Å². The minimum Gasteiger partial charge on any atom is -0.393 e. The van der Waals surface area contributed by atoms with Crippen LogP contribution in [0.1, 0.15) is 18.1 Å². The molecule has 0 bridgehead atoms. The van der Waals surface area contributed by atoms with E-state index >= 15 is 0 Å². The summed E-state index contributed by atoms with van der Waals surface area (Å²) in [7, 11) is 0. The molecule has 0 aliphatic heterocycles. The monoisotopic (exact) mass is 255 g/mol.